The maximum atomic E-state index is 11.3. The van der Waals surface area contributed by atoms with Gasteiger partial charge in [-0.25, -0.2) is 9.78 Å². The SMILES string of the molecule is CC(C)OC(=O)NCc1ccc([N+](C)(C)C)nc1. The van der Waals surface area contributed by atoms with Gasteiger partial charge < -0.3 is 10.1 Å². The van der Waals surface area contributed by atoms with E-state index in [1.165, 1.54) is 0 Å². The Bertz CT molecular complexity index is 394. The van der Waals surface area contributed by atoms with E-state index in [1.807, 2.05) is 26.0 Å². The first-order chi connectivity index (χ1) is 8.29. The number of carbonyl (C=O) groups is 1. The number of hydrogen-bond acceptors (Lipinski definition) is 3. The lowest BCUT2D eigenvalue weighted by molar-refractivity contribution is 0.115. The molecule has 1 rings (SSSR count). The van der Waals surface area contributed by atoms with Crippen molar-refractivity contribution in [2.45, 2.75) is 26.5 Å². The minimum atomic E-state index is -0.402. The van der Waals surface area contributed by atoms with Crippen LogP contribution in [0.25, 0.3) is 0 Å². The van der Waals surface area contributed by atoms with Crippen molar-refractivity contribution in [3.8, 4) is 0 Å². The molecule has 1 N–H and O–H groups in total. The maximum Gasteiger partial charge on any atom is 0.407 e. The molecule has 100 valence electrons. The van der Waals surface area contributed by atoms with E-state index in [2.05, 4.69) is 31.4 Å². The van der Waals surface area contributed by atoms with Crippen LogP contribution < -0.4 is 9.80 Å². The van der Waals surface area contributed by atoms with Crippen molar-refractivity contribution in [1.29, 1.82) is 0 Å². The van der Waals surface area contributed by atoms with Gasteiger partial charge in [0.25, 0.3) is 0 Å². The Balaban J connectivity index is 2.52. The number of nitrogens with zero attached hydrogens (tertiary/aromatic N) is 2. The number of pyridine rings is 1. The van der Waals surface area contributed by atoms with Gasteiger partial charge in [0.05, 0.1) is 27.2 Å². The number of rotatable bonds is 4. The highest BCUT2D eigenvalue weighted by atomic mass is 16.6. The Hall–Kier alpha value is -1.62. The molecule has 0 aliphatic rings. The summed E-state index contributed by atoms with van der Waals surface area (Å²) in [6.07, 6.45) is 1.26. The van der Waals surface area contributed by atoms with Gasteiger partial charge in [-0.05, 0) is 25.5 Å². The fourth-order valence-electron chi connectivity index (χ4n) is 1.35. The molecule has 0 aliphatic carbocycles. The number of alkyl carbamates (subject to hydrolysis) is 1. The summed E-state index contributed by atoms with van der Waals surface area (Å²) in [5.74, 6) is 0.975. The van der Waals surface area contributed by atoms with Gasteiger partial charge in [-0.2, -0.15) is 0 Å². The molecule has 18 heavy (non-hydrogen) atoms. The molecule has 1 amide bonds. The summed E-state index contributed by atoms with van der Waals surface area (Å²) in [7, 11) is 6.17. The van der Waals surface area contributed by atoms with Crippen LogP contribution in [0.5, 0.6) is 0 Å². The van der Waals surface area contributed by atoms with Crippen LogP contribution in [0.2, 0.25) is 0 Å². The Morgan fingerprint density at radius 1 is 1.39 bits per heavy atom. The third-order valence-electron chi connectivity index (χ3n) is 2.28. The smallest absolute Gasteiger partial charge is 0.407 e. The zero-order valence-electron chi connectivity index (χ0n) is 11.7. The molecule has 5 heteroatoms. The number of aromatic nitrogens is 1. The van der Waals surface area contributed by atoms with E-state index in [0.717, 1.165) is 11.4 Å². The molecule has 0 aromatic carbocycles. The van der Waals surface area contributed by atoms with Crippen molar-refractivity contribution in [2.75, 3.05) is 21.1 Å². The molecule has 1 heterocycles. The van der Waals surface area contributed by atoms with Crippen LogP contribution in [0.1, 0.15) is 19.4 Å². The number of carbonyl (C=O) groups excluding carboxylic acids is 1. The van der Waals surface area contributed by atoms with Crippen LogP contribution >= 0.6 is 0 Å². The standard InChI is InChI=1S/C13H21N3O2/c1-10(2)18-13(17)15-9-11-6-7-12(14-8-11)16(3,4)5/h6-8,10H,9H2,1-5H3/p+1. The first kappa shape index (κ1) is 14.4. The molecule has 0 aliphatic heterocycles. The molecule has 0 saturated carbocycles. The molecule has 0 bridgehead atoms. The zero-order chi connectivity index (χ0) is 13.8. The number of nitrogens with one attached hydrogen (secondary N) is 1. The molecule has 0 spiro atoms. The lowest BCUT2D eigenvalue weighted by Gasteiger charge is -2.21. The van der Waals surface area contributed by atoms with E-state index in [0.29, 0.717) is 11.0 Å². The van der Waals surface area contributed by atoms with Crippen LogP contribution in [0, 0.1) is 0 Å². The van der Waals surface area contributed by atoms with Crippen molar-refractivity contribution in [1.82, 2.24) is 14.8 Å². The molecule has 0 unspecified atom stereocenters. The summed E-state index contributed by atoms with van der Waals surface area (Å²) in [4.78, 5) is 15.7. The molecule has 0 fully saturated rings. The number of quaternary nitrogens is 1. The highest BCUT2D eigenvalue weighted by Crippen LogP contribution is 2.12. The molecule has 0 radical (unpaired) electrons. The molecule has 1 aromatic heterocycles. The second-order valence-electron chi connectivity index (χ2n) is 5.34. The minimum absolute atomic E-state index is 0.108. The maximum absolute atomic E-state index is 11.3. The van der Waals surface area contributed by atoms with Gasteiger partial charge in [0.15, 0.2) is 0 Å². The Labute approximate surface area is 108 Å². The topological polar surface area (TPSA) is 51.2 Å². The van der Waals surface area contributed by atoms with Crippen LogP contribution in [0.3, 0.4) is 0 Å². The number of hydrogen-bond donors (Lipinski definition) is 1. The van der Waals surface area contributed by atoms with Gasteiger partial charge in [0.1, 0.15) is 0 Å². The second kappa shape index (κ2) is 5.82. The van der Waals surface area contributed by atoms with E-state index in [-0.39, 0.29) is 6.10 Å². The molecule has 1 aromatic rings. The highest BCUT2D eigenvalue weighted by Gasteiger charge is 2.13. The summed E-state index contributed by atoms with van der Waals surface area (Å²) in [6.45, 7) is 4.06. The Kier molecular flexibility index (Phi) is 4.67. The van der Waals surface area contributed by atoms with Gasteiger partial charge in [-0.1, -0.05) is 0 Å². The minimum Gasteiger partial charge on any atom is -0.447 e. The number of amides is 1. The number of ether oxygens (including phenoxy) is 1. The molecule has 5 nitrogen and oxygen atoms in total. The fraction of sp³-hybridized carbons (Fsp3) is 0.538. The third-order valence-corrected chi connectivity index (χ3v) is 2.28. The van der Waals surface area contributed by atoms with Crippen LogP contribution in [0.15, 0.2) is 18.3 Å². The summed E-state index contributed by atoms with van der Waals surface area (Å²) in [6, 6.07) is 3.92. The van der Waals surface area contributed by atoms with E-state index in [4.69, 9.17) is 4.74 Å². The Morgan fingerprint density at radius 2 is 2.06 bits per heavy atom. The molecule has 0 atom stereocenters. The van der Waals surface area contributed by atoms with E-state index in [1.54, 1.807) is 6.20 Å². The lowest BCUT2D eigenvalue weighted by atomic mass is 10.2. The monoisotopic (exact) mass is 252 g/mol. The Morgan fingerprint density at radius 3 is 2.50 bits per heavy atom. The van der Waals surface area contributed by atoms with Gasteiger partial charge in [-0.3, -0.25) is 4.48 Å². The predicted octanol–water partition coefficient (Wildman–Crippen LogP) is 1.91. The van der Waals surface area contributed by atoms with Crippen LogP contribution in [0.4, 0.5) is 10.6 Å². The zero-order valence-corrected chi connectivity index (χ0v) is 11.7. The van der Waals surface area contributed by atoms with E-state index < -0.39 is 6.09 Å². The first-order valence-corrected chi connectivity index (χ1v) is 6.00. The van der Waals surface area contributed by atoms with Crippen molar-refractivity contribution >= 4 is 11.9 Å². The van der Waals surface area contributed by atoms with Crippen molar-refractivity contribution in [3.63, 3.8) is 0 Å². The molecular formula is C13H22N3O2+. The quantitative estimate of drug-likeness (QED) is 0.833. The molecular weight excluding hydrogens is 230 g/mol. The van der Waals surface area contributed by atoms with Gasteiger partial charge >= 0.3 is 6.09 Å². The van der Waals surface area contributed by atoms with Gasteiger partial charge in [-0.15, -0.1) is 0 Å². The van der Waals surface area contributed by atoms with Crippen molar-refractivity contribution < 1.29 is 9.53 Å². The lowest BCUT2D eigenvalue weighted by Crippen LogP contribution is -2.35. The fourth-order valence-corrected chi connectivity index (χ4v) is 1.35. The summed E-state index contributed by atoms with van der Waals surface area (Å²) in [5.41, 5.74) is 0.952. The van der Waals surface area contributed by atoms with Crippen molar-refractivity contribution in [2.24, 2.45) is 0 Å². The van der Waals surface area contributed by atoms with Gasteiger partial charge in [0, 0.05) is 18.8 Å². The average Bonchev–Trinajstić information content (AvgIpc) is 2.25. The highest BCUT2D eigenvalue weighted by molar-refractivity contribution is 5.67. The third kappa shape index (κ3) is 4.71. The summed E-state index contributed by atoms with van der Waals surface area (Å²) in [5, 5.41) is 2.68. The van der Waals surface area contributed by atoms with E-state index in [9.17, 15) is 4.79 Å². The van der Waals surface area contributed by atoms with Gasteiger partial charge in [0.2, 0.25) is 5.82 Å². The first-order valence-electron chi connectivity index (χ1n) is 6.00. The van der Waals surface area contributed by atoms with Crippen LogP contribution in [-0.2, 0) is 11.3 Å². The summed E-state index contributed by atoms with van der Waals surface area (Å²) >= 11 is 0. The van der Waals surface area contributed by atoms with Crippen molar-refractivity contribution in [3.05, 3.63) is 23.9 Å². The largest absolute Gasteiger partial charge is 0.447 e. The molecule has 0 saturated heterocycles. The average molecular weight is 252 g/mol. The second-order valence-corrected chi connectivity index (χ2v) is 5.34. The van der Waals surface area contributed by atoms with E-state index >= 15 is 0 Å². The summed E-state index contributed by atoms with van der Waals surface area (Å²) < 4.78 is 5.65. The normalized spacial score (nSPS) is 11.4. The van der Waals surface area contributed by atoms with Crippen LogP contribution in [-0.4, -0.2) is 38.3 Å². The predicted molar refractivity (Wildman–Crippen MR) is 72.3 cm³/mol.